The fraction of sp³-hybridized carbons (Fsp3) is 0. The molecule has 4 nitrogen and oxygen atoms in total. The van der Waals surface area contributed by atoms with E-state index >= 15 is 0 Å². The van der Waals surface area contributed by atoms with Crippen molar-refractivity contribution in [3.63, 3.8) is 0 Å². The second-order valence-electron chi connectivity index (χ2n) is 2.25. The monoisotopic (exact) mass is 238 g/mol. The van der Waals surface area contributed by atoms with Crippen molar-refractivity contribution in [2.75, 3.05) is 0 Å². The largest absolute Gasteiger partial charge is 0.137 e. The van der Waals surface area contributed by atoms with Gasteiger partial charge in [0.15, 0.2) is 0 Å². The molecular formula is C10H10CrN4. The Morgan fingerprint density at radius 3 is 1.20 bits per heavy atom. The van der Waals surface area contributed by atoms with E-state index in [1.165, 1.54) is 12.4 Å². The molecule has 0 amide bonds. The first kappa shape index (κ1) is 13.4. The maximum atomic E-state index is 3.62. The Morgan fingerprint density at radius 1 is 0.467 bits per heavy atom. The molecule has 1 rings (SSSR count). The minimum atomic E-state index is 0. The zero-order valence-corrected chi connectivity index (χ0v) is 9.25. The summed E-state index contributed by atoms with van der Waals surface area (Å²) >= 11 is 0. The predicted molar refractivity (Wildman–Crippen MR) is 52.9 cm³/mol. The Balaban J connectivity index is 0.00000196. The quantitative estimate of drug-likeness (QED) is 0.687. The smallest absolute Gasteiger partial charge is 0.0514 e. The van der Waals surface area contributed by atoms with Crippen molar-refractivity contribution in [3.05, 3.63) is 60.9 Å². The fourth-order valence-electron chi connectivity index (χ4n) is 0.667. The van der Waals surface area contributed by atoms with Crippen LogP contribution in [0.25, 0.3) is 0 Å². The van der Waals surface area contributed by atoms with Crippen LogP contribution in [-0.4, -0.2) is 20.6 Å². The van der Waals surface area contributed by atoms with E-state index in [2.05, 4.69) is 20.6 Å². The van der Waals surface area contributed by atoms with Crippen molar-refractivity contribution in [1.29, 1.82) is 0 Å². The van der Waals surface area contributed by atoms with Crippen LogP contribution in [0.15, 0.2) is 60.9 Å². The van der Waals surface area contributed by atoms with E-state index in [1.807, 2.05) is 36.4 Å². The van der Waals surface area contributed by atoms with E-state index in [1.54, 1.807) is 12.1 Å². The Kier molecular flexibility index (Phi) is 9.41. The van der Waals surface area contributed by atoms with E-state index in [4.69, 9.17) is 0 Å². The van der Waals surface area contributed by atoms with Crippen LogP contribution < -0.4 is 0 Å². The molecule has 0 aliphatic heterocycles. The molecule has 5 heteroatoms. The van der Waals surface area contributed by atoms with Gasteiger partial charge in [0.1, 0.15) is 0 Å². The van der Waals surface area contributed by atoms with Crippen LogP contribution in [0.2, 0.25) is 0 Å². The molecule has 1 aromatic rings. The van der Waals surface area contributed by atoms with Crippen LogP contribution in [0, 0.1) is 0 Å². The Hall–Kier alpha value is -1.57. The van der Waals surface area contributed by atoms with Crippen molar-refractivity contribution in [2.45, 2.75) is 0 Å². The third kappa shape index (κ3) is 8.75. The van der Waals surface area contributed by atoms with E-state index in [-0.39, 0.29) is 17.4 Å². The second-order valence-corrected chi connectivity index (χ2v) is 2.25. The topological polar surface area (TPSA) is 51.6 Å². The summed E-state index contributed by atoms with van der Waals surface area (Å²) in [4.78, 5) is 0. The first-order valence-electron chi connectivity index (χ1n) is 4.12. The molecule has 0 aromatic carbocycles. The number of rotatable bonds is 0. The fourth-order valence-corrected chi connectivity index (χ4v) is 0.667. The summed E-state index contributed by atoms with van der Waals surface area (Å²) in [5.74, 6) is 0. The summed E-state index contributed by atoms with van der Waals surface area (Å²) in [5, 5.41) is 14.1. The van der Waals surface area contributed by atoms with E-state index < -0.39 is 0 Å². The summed E-state index contributed by atoms with van der Waals surface area (Å²) in [5.41, 5.74) is 0. The third-order valence-corrected chi connectivity index (χ3v) is 1.23. The second kappa shape index (κ2) is 10.5. The van der Waals surface area contributed by atoms with Crippen LogP contribution in [-0.2, 0) is 17.4 Å². The van der Waals surface area contributed by atoms with Gasteiger partial charge in [0, 0.05) is 17.4 Å². The van der Waals surface area contributed by atoms with Gasteiger partial charge in [-0.2, -0.15) is 0 Å². The molecule has 0 bridgehead atoms. The van der Waals surface area contributed by atoms with Crippen LogP contribution >= 0.6 is 0 Å². The average molecular weight is 238 g/mol. The number of hydrogen-bond donors (Lipinski definition) is 0. The Labute approximate surface area is 99.2 Å². The summed E-state index contributed by atoms with van der Waals surface area (Å²) in [6.45, 7) is 0. The summed E-state index contributed by atoms with van der Waals surface area (Å²) in [7, 11) is 0. The van der Waals surface area contributed by atoms with Crippen LogP contribution in [0.1, 0.15) is 0 Å². The minimum Gasteiger partial charge on any atom is -0.137 e. The Morgan fingerprint density at radius 2 is 0.800 bits per heavy atom. The standard InChI is InChI=1S/C10H10N4.Cr/c1-2-4-6-8-10-12-14-13-11-9-7-5-3-1;/h1-10H;. The zero-order chi connectivity index (χ0) is 9.90. The molecule has 0 spiro atoms. The number of aromatic nitrogens is 4. The molecule has 0 saturated carbocycles. The molecular weight excluding hydrogens is 228 g/mol. The molecule has 15 heavy (non-hydrogen) atoms. The Bertz CT molecular complexity index is 230. The molecule has 0 atom stereocenters. The SMILES string of the molecule is [Cr].c1cccccnnnncccc1. The van der Waals surface area contributed by atoms with Crippen LogP contribution in [0.4, 0.5) is 0 Å². The summed E-state index contributed by atoms with van der Waals surface area (Å²) in [6.07, 6.45) is 3.07. The zero-order valence-electron chi connectivity index (χ0n) is 7.97. The maximum absolute atomic E-state index is 3.62. The molecule has 0 unspecified atom stereocenters. The predicted octanol–water partition coefficient (Wildman–Crippen LogP) is 1.51. The third-order valence-electron chi connectivity index (χ3n) is 1.23. The van der Waals surface area contributed by atoms with E-state index in [9.17, 15) is 0 Å². The van der Waals surface area contributed by atoms with Gasteiger partial charge in [-0.3, -0.25) is 0 Å². The van der Waals surface area contributed by atoms with Crippen molar-refractivity contribution >= 4 is 0 Å². The van der Waals surface area contributed by atoms with Crippen molar-refractivity contribution in [2.24, 2.45) is 0 Å². The molecule has 1 aromatic heterocycles. The molecule has 0 N–H and O–H groups in total. The van der Waals surface area contributed by atoms with Gasteiger partial charge < -0.3 is 0 Å². The minimum absolute atomic E-state index is 0. The van der Waals surface area contributed by atoms with Crippen LogP contribution in [0.3, 0.4) is 0 Å². The maximum Gasteiger partial charge on any atom is 0.0514 e. The molecule has 0 fully saturated rings. The van der Waals surface area contributed by atoms with E-state index in [0.717, 1.165) is 0 Å². The van der Waals surface area contributed by atoms with Gasteiger partial charge in [-0.1, -0.05) is 36.4 Å². The van der Waals surface area contributed by atoms with Crippen LogP contribution in [0.5, 0.6) is 0 Å². The first-order valence-corrected chi connectivity index (χ1v) is 4.12. The number of nitrogens with zero attached hydrogens (tertiary/aromatic N) is 4. The first-order chi connectivity index (χ1) is 7.00. The average Bonchev–Trinajstić information content (AvgIpc) is 2.22. The molecule has 0 aliphatic carbocycles. The van der Waals surface area contributed by atoms with Gasteiger partial charge in [0.05, 0.1) is 12.4 Å². The normalized spacial score (nSPS) is 7.47. The van der Waals surface area contributed by atoms with Gasteiger partial charge in [-0.05, 0) is 22.6 Å². The summed E-state index contributed by atoms with van der Waals surface area (Å²) < 4.78 is 0. The molecule has 76 valence electrons. The van der Waals surface area contributed by atoms with Crippen molar-refractivity contribution < 1.29 is 17.4 Å². The van der Waals surface area contributed by atoms with Crippen molar-refractivity contribution in [1.82, 2.24) is 20.6 Å². The molecule has 1 heterocycles. The van der Waals surface area contributed by atoms with Gasteiger partial charge in [0.25, 0.3) is 0 Å². The van der Waals surface area contributed by atoms with Gasteiger partial charge >= 0.3 is 0 Å². The van der Waals surface area contributed by atoms with Gasteiger partial charge in [-0.25, -0.2) is 0 Å². The summed E-state index contributed by atoms with van der Waals surface area (Å²) in [6, 6.07) is 14.8. The van der Waals surface area contributed by atoms with Gasteiger partial charge in [0.2, 0.25) is 0 Å². The van der Waals surface area contributed by atoms with E-state index in [0.29, 0.717) is 0 Å². The van der Waals surface area contributed by atoms with Crippen molar-refractivity contribution in [3.8, 4) is 0 Å². The molecule has 0 radical (unpaired) electrons. The van der Waals surface area contributed by atoms with Gasteiger partial charge in [-0.15, -0.1) is 10.2 Å². The molecule has 0 saturated heterocycles. The molecule has 0 aliphatic rings. The number of hydrogen-bond acceptors (Lipinski definition) is 4.